The van der Waals surface area contributed by atoms with E-state index in [0.717, 1.165) is 6.42 Å². The fraction of sp³-hybridized carbons (Fsp3) is 0.235. The van der Waals surface area contributed by atoms with E-state index >= 15 is 0 Å². The lowest BCUT2D eigenvalue weighted by Crippen LogP contribution is -2.15. The van der Waals surface area contributed by atoms with Crippen molar-refractivity contribution in [1.82, 2.24) is 0 Å². The van der Waals surface area contributed by atoms with Gasteiger partial charge < -0.3 is 14.8 Å². The van der Waals surface area contributed by atoms with E-state index in [2.05, 4.69) is 5.32 Å². The van der Waals surface area contributed by atoms with Gasteiger partial charge in [-0.3, -0.25) is 4.79 Å². The molecular formula is C17H14Cl2FNO3. The first-order chi connectivity index (χ1) is 11.5. The van der Waals surface area contributed by atoms with Crippen molar-refractivity contribution in [2.45, 2.75) is 12.8 Å². The van der Waals surface area contributed by atoms with Gasteiger partial charge in [-0.05, 0) is 29.8 Å². The van der Waals surface area contributed by atoms with Crippen LogP contribution in [0.4, 0.5) is 10.1 Å². The molecule has 0 atom stereocenters. The molecule has 0 aliphatic carbocycles. The number of fused-ring (bicyclic) bond motifs is 1. The van der Waals surface area contributed by atoms with Crippen molar-refractivity contribution >= 4 is 34.8 Å². The molecule has 1 N–H and O–H groups in total. The second-order valence-electron chi connectivity index (χ2n) is 5.28. The molecule has 0 radical (unpaired) electrons. The van der Waals surface area contributed by atoms with E-state index in [1.54, 1.807) is 18.2 Å². The zero-order valence-corrected chi connectivity index (χ0v) is 14.1. The van der Waals surface area contributed by atoms with Crippen molar-refractivity contribution in [2.24, 2.45) is 0 Å². The number of halogens is 3. The number of nitrogens with one attached hydrogen (secondary N) is 1. The van der Waals surface area contributed by atoms with Crippen LogP contribution in [0.3, 0.4) is 0 Å². The number of carbonyl (C=O) groups is 1. The third-order valence-corrected chi connectivity index (χ3v) is 4.02. The first-order valence-corrected chi connectivity index (χ1v) is 8.12. The minimum atomic E-state index is -0.663. The standard InChI is InChI=1S/C17H14Cl2FNO3/c18-11-3-1-4-13(16(11)20)21-15(22)9-10-7-12(19)17-14(8-10)23-5-2-6-24-17/h1,3-4,7-8H,2,5-6,9H2,(H,21,22). The number of rotatable bonds is 3. The largest absolute Gasteiger partial charge is 0.489 e. The second kappa shape index (κ2) is 7.28. The van der Waals surface area contributed by atoms with Gasteiger partial charge in [0.25, 0.3) is 0 Å². The maximum Gasteiger partial charge on any atom is 0.228 e. The highest BCUT2D eigenvalue weighted by molar-refractivity contribution is 6.32. The predicted octanol–water partition coefficient (Wildman–Crippen LogP) is 4.48. The molecule has 0 spiro atoms. The summed E-state index contributed by atoms with van der Waals surface area (Å²) in [5.74, 6) is -0.0538. The van der Waals surface area contributed by atoms with Gasteiger partial charge >= 0.3 is 0 Å². The third-order valence-electron chi connectivity index (χ3n) is 3.45. The maximum atomic E-state index is 13.8. The lowest BCUT2D eigenvalue weighted by atomic mass is 10.1. The Morgan fingerprint density at radius 3 is 2.79 bits per heavy atom. The highest BCUT2D eigenvalue weighted by Gasteiger charge is 2.17. The Morgan fingerprint density at radius 2 is 1.96 bits per heavy atom. The predicted molar refractivity (Wildman–Crippen MR) is 90.8 cm³/mol. The molecule has 4 nitrogen and oxygen atoms in total. The van der Waals surface area contributed by atoms with E-state index in [9.17, 15) is 9.18 Å². The van der Waals surface area contributed by atoms with Crippen LogP contribution >= 0.6 is 23.2 Å². The summed E-state index contributed by atoms with van der Waals surface area (Å²) in [5, 5.41) is 2.83. The van der Waals surface area contributed by atoms with Crippen LogP contribution < -0.4 is 14.8 Å². The van der Waals surface area contributed by atoms with Crippen LogP contribution in [-0.2, 0) is 11.2 Å². The summed E-state index contributed by atoms with van der Waals surface area (Å²) in [5.41, 5.74) is 0.678. The van der Waals surface area contributed by atoms with Crippen LogP contribution in [0.5, 0.6) is 11.5 Å². The lowest BCUT2D eigenvalue weighted by Gasteiger charge is -2.12. The molecule has 0 unspecified atom stereocenters. The summed E-state index contributed by atoms with van der Waals surface area (Å²) >= 11 is 11.9. The summed E-state index contributed by atoms with van der Waals surface area (Å²) in [6.07, 6.45) is 0.775. The van der Waals surface area contributed by atoms with Gasteiger partial charge in [0.1, 0.15) is 0 Å². The van der Waals surface area contributed by atoms with E-state index in [4.69, 9.17) is 32.7 Å². The number of carbonyl (C=O) groups excluding carboxylic acids is 1. The zero-order valence-electron chi connectivity index (χ0n) is 12.6. The topological polar surface area (TPSA) is 47.6 Å². The van der Waals surface area contributed by atoms with E-state index in [1.165, 1.54) is 12.1 Å². The molecule has 3 rings (SSSR count). The summed E-state index contributed by atoms with van der Waals surface area (Å²) < 4.78 is 25.0. The van der Waals surface area contributed by atoms with Crippen molar-refractivity contribution in [3.05, 3.63) is 51.8 Å². The van der Waals surface area contributed by atoms with E-state index in [-0.39, 0.29) is 23.0 Å². The Kier molecular flexibility index (Phi) is 5.11. The Labute approximate surface area is 148 Å². The SMILES string of the molecule is O=C(Cc1cc(Cl)c2c(c1)OCCCO2)Nc1cccc(Cl)c1F. The normalized spacial score (nSPS) is 13.3. The molecule has 2 aromatic rings. The Hall–Kier alpha value is -1.98. The first kappa shape index (κ1) is 16.9. The molecule has 0 bridgehead atoms. The van der Waals surface area contributed by atoms with Gasteiger partial charge in [-0.2, -0.15) is 0 Å². The molecule has 7 heteroatoms. The molecule has 24 heavy (non-hydrogen) atoms. The number of amides is 1. The molecule has 126 valence electrons. The average Bonchev–Trinajstić information content (AvgIpc) is 2.77. The monoisotopic (exact) mass is 369 g/mol. The Morgan fingerprint density at radius 1 is 1.17 bits per heavy atom. The average molecular weight is 370 g/mol. The van der Waals surface area contributed by atoms with Crippen LogP contribution in [0.2, 0.25) is 10.0 Å². The number of ether oxygens (including phenoxy) is 2. The third kappa shape index (κ3) is 3.74. The van der Waals surface area contributed by atoms with Gasteiger partial charge in [0.05, 0.1) is 35.4 Å². The second-order valence-corrected chi connectivity index (χ2v) is 6.10. The summed E-state index contributed by atoms with van der Waals surface area (Å²) in [4.78, 5) is 12.2. The zero-order chi connectivity index (χ0) is 17.1. The van der Waals surface area contributed by atoms with Gasteiger partial charge in [0.2, 0.25) is 5.91 Å². The smallest absolute Gasteiger partial charge is 0.228 e. The molecular weight excluding hydrogens is 356 g/mol. The quantitative estimate of drug-likeness (QED) is 0.867. The van der Waals surface area contributed by atoms with Crippen LogP contribution in [0.25, 0.3) is 0 Å². The molecule has 1 aliphatic rings. The van der Waals surface area contributed by atoms with Crippen LogP contribution in [0.15, 0.2) is 30.3 Å². The summed E-state index contributed by atoms with van der Waals surface area (Å²) in [6.45, 7) is 1.05. The van der Waals surface area contributed by atoms with Crippen molar-refractivity contribution in [2.75, 3.05) is 18.5 Å². The van der Waals surface area contributed by atoms with E-state index < -0.39 is 5.82 Å². The molecule has 0 saturated carbocycles. The fourth-order valence-electron chi connectivity index (χ4n) is 2.37. The highest BCUT2D eigenvalue weighted by Crippen LogP contribution is 2.38. The van der Waals surface area contributed by atoms with E-state index in [0.29, 0.717) is 35.3 Å². The number of anilines is 1. The van der Waals surface area contributed by atoms with E-state index in [1.807, 2.05) is 0 Å². The molecule has 0 aromatic heterocycles. The molecule has 1 heterocycles. The minimum absolute atomic E-state index is 0.0162. The first-order valence-electron chi connectivity index (χ1n) is 7.36. The molecule has 0 fully saturated rings. The van der Waals surface area contributed by atoms with Gasteiger partial charge in [-0.1, -0.05) is 29.3 Å². The lowest BCUT2D eigenvalue weighted by molar-refractivity contribution is -0.115. The van der Waals surface area contributed by atoms with Crippen molar-refractivity contribution in [3.8, 4) is 11.5 Å². The van der Waals surface area contributed by atoms with Crippen LogP contribution in [-0.4, -0.2) is 19.1 Å². The molecule has 1 aliphatic heterocycles. The minimum Gasteiger partial charge on any atom is -0.489 e. The highest BCUT2D eigenvalue weighted by atomic mass is 35.5. The number of hydrogen-bond donors (Lipinski definition) is 1. The molecule has 1 amide bonds. The van der Waals surface area contributed by atoms with Crippen LogP contribution in [0.1, 0.15) is 12.0 Å². The molecule has 0 saturated heterocycles. The van der Waals surface area contributed by atoms with Crippen molar-refractivity contribution < 1.29 is 18.7 Å². The maximum absolute atomic E-state index is 13.8. The van der Waals surface area contributed by atoms with Gasteiger partial charge in [-0.15, -0.1) is 0 Å². The Bertz CT molecular complexity index is 783. The summed E-state index contributed by atoms with van der Waals surface area (Å²) in [7, 11) is 0. The van der Waals surface area contributed by atoms with Crippen molar-refractivity contribution in [3.63, 3.8) is 0 Å². The van der Waals surface area contributed by atoms with Gasteiger partial charge in [0.15, 0.2) is 17.3 Å². The van der Waals surface area contributed by atoms with Gasteiger partial charge in [0, 0.05) is 6.42 Å². The molecule has 2 aromatic carbocycles. The van der Waals surface area contributed by atoms with Crippen molar-refractivity contribution in [1.29, 1.82) is 0 Å². The summed E-state index contributed by atoms with van der Waals surface area (Å²) in [6, 6.07) is 7.77. The van der Waals surface area contributed by atoms with Gasteiger partial charge in [-0.25, -0.2) is 4.39 Å². The number of hydrogen-bond acceptors (Lipinski definition) is 3. The number of benzene rings is 2. The fourth-order valence-corrected chi connectivity index (χ4v) is 2.83. The van der Waals surface area contributed by atoms with Crippen LogP contribution in [0, 0.1) is 5.82 Å². The Balaban J connectivity index is 1.76.